The molecule has 0 saturated heterocycles. The van der Waals surface area contributed by atoms with Gasteiger partial charge in [-0.3, -0.25) is 9.59 Å². The van der Waals surface area contributed by atoms with Gasteiger partial charge in [-0.15, -0.1) is 13.2 Å². The quantitative estimate of drug-likeness (QED) is 0.741. The van der Waals surface area contributed by atoms with Crippen molar-refractivity contribution in [1.29, 1.82) is 0 Å². The number of carbonyl (C=O) groups excluding carboxylic acids is 1. The molecular formula is C16H14F3NO5. The summed E-state index contributed by atoms with van der Waals surface area (Å²) in [6.45, 7) is 0.134. The molecule has 1 aromatic carbocycles. The van der Waals surface area contributed by atoms with Gasteiger partial charge in [-0.05, 0) is 30.7 Å². The van der Waals surface area contributed by atoms with Gasteiger partial charge in [-0.1, -0.05) is 12.1 Å². The minimum absolute atomic E-state index is 0.0375. The second-order valence-electron chi connectivity index (χ2n) is 4.96. The second kappa shape index (κ2) is 7.73. The van der Waals surface area contributed by atoms with Crippen molar-refractivity contribution in [3.63, 3.8) is 0 Å². The van der Waals surface area contributed by atoms with E-state index in [1.54, 1.807) is 0 Å². The molecule has 0 atom stereocenters. The van der Waals surface area contributed by atoms with Crippen molar-refractivity contribution < 1.29 is 37.0 Å². The van der Waals surface area contributed by atoms with Gasteiger partial charge in [0, 0.05) is 13.0 Å². The number of nitrogens with one attached hydrogen (secondary N) is 1. The van der Waals surface area contributed by atoms with Crippen LogP contribution in [0.25, 0.3) is 11.3 Å². The molecule has 0 fully saturated rings. The lowest BCUT2D eigenvalue weighted by molar-refractivity contribution is -0.274. The molecule has 0 saturated carbocycles. The molecule has 0 aliphatic rings. The third-order valence-electron chi connectivity index (χ3n) is 3.06. The average Bonchev–Trinajstić information content (AvgIpc) is 3.00. The minimum Gasteiger partial charge on any atom is -0.481 e. The van der Waals surface area contributed by atoms with E-state index in [2.05, 4.69) is 10.1 Å². The van der Waals surface area contributed by atoms with Crippen LogP contribution in [-0.2, 0) is 4.79 Å². The zero-order valence-electron chi connectivity index (χ0n) is 12.8. The normalized spacial score (nSPS) is 11.2. The number of hydrogen-bond donors (Lipinski definition) is 2. The summed E-state index contributed by atoms with van der Waals surface area (Å²) in [5.41, 5.74) is 0.0461. The van der Waals surface area contributed by atoms with Crippen molar-refractivity contribution in [2.24, 2.45) is 0 Å². The number of aliphatic carboxylic acids is 1. The van der Waals surface area contributed by atoms with Gasteiger partial charge in [0.2, 0.25) is 0 Å². The molecule has 0 aliphatic carbocycles. The molecule has 1 aromatic heterocycles. The molecule has 134 valence electrons. The number of carboxylic acids is 1. The van der Waals surface area contributed by atoms with Crippen molar-refractivity contribution in [2.75, 3.05) is 6.54 Å². The Labute approximate surface area is 140 Å². The Morgan fingerprint density at radius 2 is 1.88 bits per heavy atom. The van der Waals surface area contributed by atoms with Crippen LogP contribution in [-0.4, -0.2) is 29.9 Å². The van der Waals surface area contributed by atoms with Crippen molar-refractivity contribution in [3.05, 3.63) is 42.2 Å². The summed E-state index contributed by atoms with van der Waals surface area (Å²) in [5.74, 6) is -2.08. The molecule has 2 rings (SSSR count). The van der Waals surface area contributed by atoms with E-state index >= 15 is 0 Å². The molecule has 1 heterocycles. The number of benzene rings is 1. The van der Waals surface area contributed by atoms with Crippen molar-refractivity contribution in [1.82, 2.24) is 5.32 Å². The molecule has 9 heteroatoms. The number of hydrogen-bond acceptors (Lipinski definition) is 4. The number of ether oxygens (including phenoxy) is 1. The maximum absolute atomic E-state index is 12.4. The van der Waals surface area contributed by atoms with Crippen LogP contribution < -0.4 is 10.1 Å². The van der Waals surface area contributed by atoms with Gasteiger partial charge < -0.3 is 19.6 Å². The molecule has 6 nitrogen and oxygen atoms in total. The Hall–Kier alpha value is -2.97. The lowest BCUT2D eigenvalue weighted by atomic mass is 10.1. The van der Waals surface area contributed by atoms with Crippen LogP contribution >= 0.6 is 0 Å². The second-order valence-corrected chi connectivity index (χ2v) is 4.96. The van der Waals surface area contributed by atoms with E-state index in [4.69, 9.17) is 9.52 Å². The zero-order valence-corrected chi connectivity index (χ0v) is 12.8. The van der Waals surface area contributed by atoms with Gasteiger partial charge in [0.05, 0.1) is 5.56 Å². The van der Waals surface area contributed by atoms with Gasteiger partial charge in [0.25, 0.3) is 5.91 Å². The van der Waals surface area contributed by atoms with Crippen LogP contribution in [0.15, 0.2) is 40.8 Å². The molecule has 2 N–H and O–H groups in total. The van der Waals surface area contributed by atoms with Crippen LogP contribution in [0.1, 0.15) is 23.4 Å². The van der Waals surface area contributed by atoms with E-state index < -0.39 is 24.0 Å². The van der Waals surface area contributed by atoms with E-state index in [1.165, 1.54) is 30.3 Å². The highest BCUT2D eigenvalue weighted by Gasteiger charge is 2.32. The summed E-state index contributed by atoms with van der Waals surface area (Å²) in [4.78, 5) is 22.3. The largest absolute Gasteiger partial charge is 0.573 e. The van der Waals surface area contributed by atoms with Crippen LogP contribution in [0, 0.1) is 0 Å². The number of para-hydroxylation sites is 1. The van der Waals surface area contributed by atoms with Gasteiger partial charge in [0.1, 0.15) is 11.5 Å². The Morgan fingerprint density at radius 3 is 2.56 bits per heavy atom. The van der Waals surface area contributed by atoms with Crippen LogP contribution in [0.5, 0.6) is 5.75 Å². The molecule has 0 aliphatic heterocycles. The Balaban J connectivity index is 2.08. The van der Waals surface area contributed by atoms with Gasteiger partial charge >= 0.3 is 12.3 Å². The molecule has 0 spiro atoms. The predicted molar refractivity (Wildman–Crippen MR) is 80.0 cm³/mol. The van der Waals surface area contributed by atoms with E-state index in [0.29, 0.717) is 0 Å². The number of rotatable bonds is 7. The lowest BCUT2D eigenvalue weighted by Gasteiger charge is -2.11. The number of amides is 1. The molecule has 0 unspecified atom stereocenters. The van der Waals surface area contributed by atoms with Gasteiger partial charge in [-0.2, -0.15) is 0 Å². The molecule has 2 aromatic rings. The number of furan rings is 1. The summed E-state index contributed by atoms with van der Waals surface area (Å²) in [6, 6.07) is 8.05. The van der Waals surface area contributed by atoms with E-state index in [-0.39, 0.29) is 36.5 Å². The number of carboxylic acid groups (broad SMARTS) is 1. The molecule has 25 heavy (non-hydrogen) atoms. The Kier molecular flexibility index (Phi) is 5.68. The lowest BCUT2D eigenvalue weighted by Crippen LogP contribution is -2.24. The highest BCUT2D eigenvalue weighted by molar-refractivity contribution is 5.92. The maximum Gasteiger partial charge on any atom is 0.573 e. The SMILES string of the molecule is O=C(O)CCCNC(=O)c1ccc(-c2ccccc2OC(F)(F)F)o1. The van der Waals surface area contributed by atoms with Crippen molar-refractivity contribution in [3.8, 4) is 17.1 Å². The fraction of sp³-hybridized carbons (Fsp3) is 0.250. The summed E-state index contributed by atoms with van der Waals surface area (Å²) in [6.07, 6.45) is -4.70. The first-order valence-corrected chi connectivity index (χ1v) is 7.21. The predicted octanol–water partition coefficient (Wildman–Crippen LogP) is 3.44. The molecular weight excluding hydrogens is 343 g/mol. The summed E-state index contributed by atoms with van der Waals surface area (Å²) in [5, 5.41) is 11.0. The minimum atomic E-state index is -4.85. The summed E-state index contributed by atoms with van der Waals surface area (Å²) >= 11 is 0. The highest BCUT2D eigenvalue weighted by Crippen LogP contribution is 2.34. The third-order valence-corrected chi connectivity index (χ3v) is 3.06. The van der Waals surface area contributed by atoms with E-state index in [1.807, 2.05) is 0 Å². The number of alkyl halides is 3. The fourth-order valence-corrected chi connectivity index (χ4v) is 2.02. The van der Waals surface area contributed by atoms with Crippen molar-refractivity contribution in [2.45, 2.75) is 19.2 Å². The van der Waals surface area contributed by atoms with Crippen LogP contribution in [0.4, 0.5) is 13.2 Å². The van der Waals surface area contributed by atoms with E-state index in [0.717, 1.165) is 6.07 Å². The van der Waals surface area contributed by atoms with Crippen LogP contribution in [0.2, 0.25) is 0 Å². The third kappa shape index (κ3) is 5.55. The zero-order chi connectivity index (χ0) is 18.4. The van der Waals surface area contributed by atoms with Gasteiger partial charge in [-0.25, -0.2) is 0 Å². The molecule has 0 bridgehead atoms. The topological polar surface area (TPSA) is 88.8 Å². The summed E-state index contributed by atoms with van der Waals surface area (Å²) < 4.78 is 46.6. The smallest absolute Gasteiger partial charge is 0.481 e. The first kappa shape index (κ1) is 18.4. The first-order chi connectivity index (χ1) is 11.8. The number of halogens is 3. The highest BCUT2D eigenvalue weighted by atomic mass is 19.4. The molecule has 1 amide bonds. The average molecular weight is 357 g/mol. The van der Waals surface area contributed by atoms with Gasteiger partial charge in [0.15, 0.2) is 5.76 Å². The van der Waals surface area contributed by atoms with E-state index in [9.17, 15) is 22.8 Å². The maximum atomic E-state index is 12.4. The number of carbonyl (C=O) groups is 2. The summed E-state index contributed by atoms with van der Waals surface area (Å²) in [7, 11) is 0. The fourth-order valence-electron chi connectivity index (χ4n) is 2.02. The van der Waals surface area contributed by atoms with Crippen LogP contribution in [0.3, 0.4) is 0 Å². The standard InChI is InChI=1S/C16H14F3NO5/c17-16(18,19)25-12-5-2-1-4-10(12)11-7-8-13(24-11)15(23)20-9-3-6-14(21)22/h1-2,4-5,7-8H,3,6,9H2,(H,20,23)(H,21,22). The Morgan fingerprint density at radius 1 is 1.16 bits per heavy atom. The Bertz CT molecular complexity index is 754. The first-order valence-electron chi connectivity index (χ1n) is 7.21. The van der Waals surface area contributed by atoms with Crippen molar-refractivity contribution >= 4 is 11.9 Å². The molecule has 0 radical (unpaired) electrons. The monoisotopic (exact) mass is 357 g/mol.